The Kier molecular flexibility index (Phi) is 2.86. The van der Waals surface area contributed by atoms with E-state index in [0.717, 1.165) is 0 Å². The first-order valence-electron chi connectivity index (χ1n) is 4.74. The van der Waals surface area contributed by atoms with Crippen LogP contribution >= 0.6 is 11.8 Å². The average Bonchev–Trinajstić information content (AvgIpc) is 2.58. The quantitative estimate of drug-likeness (QED) is 0.815. The number of carbonyl (C=O) groups is 2. The fourth-order valence-electron chi connectivity index (χ4n) is 1.43. The number of amides is 1. The fourth-order valence-corrected chi connectivity index (χ4v) is 2.40. The van der Waals surface area contributed by atoms with E-state index in [4.69, 9.17) is 10.2 Å². The van der Waals surface area contributed by atoms with Crippen LogP contribution in [0.1, 0.15) is 17.4 Å². The molecule has 0 unspecified atom stereocenters. The molecule has 86 valence electrons. The molecule has 2 rings (SSSR count). The van der Waals surface area contributed by atoms with Gasteiger partial charge in [-0.3, -0.25) is 9.59 Å². The summed E-state index contributed by atoms with van der Waals surface area (Å²) >= 11 is 1.31. The molecule has 6 nitrogen and oxygen atoms in total. The predicted octanol–water partition coefficient (Wildman–Crippen LogP) is 0.242. The number of carbonyl (C=O) groups excluding carboxylic acids is 2. The number of thioether (sulfide) groups is 1. The van der Waals surface area contributed by atoms with E-state index in [2.05, 4.69) is 4.98 Å². The monoisotopic (exact) mass is 241 g/mol. The lowest BCUT2D eigenvalue weighted by atomic mass is 10.2. The number of nitrogens with two attached hydrogens (primary N) is 1. The van der Waals surface area contributed by atoms with Crippen LogP contribution in [0, 0.1) is 0 Å². The summed E-state index contributed by atoms with van der Waals surface area (Å²) in [4.78, 5) is 27.4. The molecule has 7 heteroatoms. The van der Waals surface area contributed by atoms with Crippen LogP contribution in [0.15, 0.2) is 10.7 Å². The van der Waals surface area contributed by atoms with E-state index in [1.54, 1.807) is 6.92 Å². The summed E-state index contributed by atoms with van der Waals surface area (Å²) in [5.41, 5.74) is 5.17. The van der Waals surface area contributed by atoms with Gasteiger partial charge in [0.15, 0.2) is 10.8 Å². The Hall–Kier alpha value is -1.50. The summed E-state index contributed by atoms with van der Waals surface area (Å²) < 4.78 is 5.10. The number of oxazole rings is 1. The summed E-state index contributed by atoms with van der Waals surface area (Å²) in [5.74, 6) is -0.606. The molecule has 1 aromatic rings. The first-order valence-corrected chi connectivity index (χ1v) is 5.61. The first kappa shape index (κ1) is 11.0. The van der Waals surface area contributed by atoms with Crippen LogP contribution < -0.4 is 10.6 Å². The van der Waals surface area contributed by atoms with Gasteiger partial charge in [0.25, 0.3) is 11.9 Å². The number of hydrogen-bond donors (Lipinski definition) is 1. The molecule has 1 amide bonds. The van der Waals surface area contributed by atoms with Crippen LogP contribution in [0.25, 0.3) is 0 Å². The lowest BCUT2D eigenvalue weighted by Crippen LogP contribution is -2.49. The zero-order valence-corrected chi connectivity index (χ0v) is 9.49. The van der Waals surface area contributed by atoms with E-state index < -0.39 is 5.91 Å². The second-order valence-corrected chi connectivity index (χ2v) is 4.99. The van der Waals surface area contributed by atoms with Gasteiger partial charge < -0.3 is 15.1 Å². The largest absolute Gasteiger partial charge is 0.431 e. The van der Waals surface area contributed by atoms with Gasteiger partial charge in [-0.05, 0) is 0 Å². The van der Waals surface area contributed by atoms with Crippen LogP contribution in [0.4, 0.5) is 6.01 Å². The van der Waals surface area contributed by atoms with Crippen LogP contribution in [0.5, 0.6) is 0 Å². The Morgan fingerprint density at radius 3 is 2.81 bits per heavy atom. The molecule has 1 aliphatic heterocycles. The van der Waals surface area contributed by atoms with E-state index in [9.17, 15) is 9.59 Å². The number of rotatable bonds is 3. The van der Waals surface area contributed by atoms with Crippen LogP contribution in [-0.4, -0.2) is 34.3 Å². The molecule has 2 N–H and O–H groups in total. The summed E-state index contributed by atoms with van der Waals surface area (Å²) in [6.07, 6.45) is 1.24. The summed E-state index contributed by atoms with van der Waals surface area (Å²) in [7, 11) is 0. The summed E-state index contributed by atoms with van der Waals surface area (Å²) in [6.45, 7) is 2.94. The van der Waals surface area contributed by atoms with Gasteiger partial charge in [0, 0.05) is 25.3 Å². The van der Waals surface area contributed by atoms with Gasteiger partial charge in [-0.15, -0.1) is 0 Å². The van der Waals surface area contributed by atoms with E-state index in [1.807, 2.05) is 4.90 Å². The molecule has 16 heavy (non-hydrogen) atoms. The van der Waals surface area contributed by atoms with Gasteiger partial charge >= 0.3 is 0 Å². The second-order valence-electron chi connectivity index (χ2n) is 3.52. The Labute approximate surface area is 96.2 Å². The number of nitrogens with zero attached hydrogens (tertiary/aromatic N) is 2. The lowest BCUT2D eigenvalue weighted by Gasteiger charge is -2.36. The highest BCUT2D eigenvalue weighted by Crippen LogP contribution is 2.27. The Morgan fingerprint density at radius 1 is 1.62 bits per heavy atom. The van der Waals surface area contributed by atoms with E-state index >= 15 is 0 Å². The molecule has 2 heterocycles. The molecule has 1 fully saturated rings. The third-order valence-electron chi connectivity index (χ3n) is 2.20. The van der Waals surface area contributed by atoms with Crippen molar-refractivity contribution in [3.05, 3.63) is 12.0 Å². The molecule has 0 aromatic carbocycles. The van der Waals surface area contributed by atoms with E-state index in [0.29, 0.717) is 19.1 Å². The van der Waals surface area contributed by atoms with Crippen molar-refractivity contribution in [2.75, 3.05) is 18.0 Å². The predicted molar refractivity (Wildman–Crippen MR) is 59.3 cm³/mol. The Bertz CT molecular complexity index is 425. The number of aromatic nitrogens is 1. The normalized spacial score (nSPS) is 15.9. The molecule has 1 saturated heterocycles. The van der Waals surface area contributed by atoms with Crippen molar-refractivity contribution in [3.8, 4) is 0 Å². The van der Waals surface area contributed by atoms with Gasteiger partial charge in [-0.1, -0.05) is 11.8 Å². The van der Waals surface area contributed by atoms with E-state index in [-0.39, 0.29) is 16.1 Å². The van der Waals surface area contributed by atoms with Gasteiger partial charge in [0.2, 0.25) is 0 Å². The highest BCUT2D eigenvalue weighted by Gasteiger charge is 2.31. The van der Waals surface area contributed by atoms with Gasteiger partial charge in [0.1, 0.15) is 6.26 Å². The topological polar surface area (TPSA) is 89.4 Å². The molecule has 0 saturated carbocycles. The third kappa shape index (κ3) is 2.19. The van der Waals surface area contributed by atoms with Crippen molar-refractivity contribution in [2.24, 2.45) is 5.73 Å². The Morgan fingerprint density at radius 2 is 2.31 bits per heavy atom. The zero-order chi connectivity index (χ0) is 11.7. The highest BCUT2D eigenvalue weighted by molar-refractivity contribution is 8.14. The minimum absolute atomic E-state index is 0.106. The SMILES string of the molecule is CC(=O)SC1CN(c2nc(C(N)=O)co2)C1. The maximum atomic E-state index is 10.8. The fraction of sp³-hybridized carbons (Fsp3) is 0.444. The van der Waals surface area contributed by atoms with Crippen molar-refractivity contribution in [2.45, 2.75) is 12.2 Å². The van der Waals surface area contributed by atoms with E-state index in [1.165, 1.54) is 18.0 Å². The average molecular weight is 241 g/mol. The summed E-state index contributed by atoms with van der Waals surface area (Å²) in [6, 6.07) is 0.384. The molecule has 0 spiro atoms. The van der Waals surface area contributed by atoms with Gasteiger partial charge in [-0.2, -0.15) is 4.98 Å². The first-order chi connectivity index (χ1) is 7.56. The standard InChI is InChI=1S/C9H11N3O3S/c1-5(13)16-6-2-12(3-6)9-11-7(4-15-9)8(10)14/h4,6H,2-3H2,1H3,(H2,10,14). The second kappa shape index (κ2) is 4.17. The minimum Gasteiger partial charge on any atom is -0.431 e. The van der Waals surface area contributed by atoms with Crippen molar-refractivity contribution in [1.82, 2.24) is 4.98 Å². The van der Waals surface area contributed by atoms with Crippen LogP contribution in [0.3, 0.4) is 0 Å². The molecule has 1 aromatic heterocycles. The number of primary amides is 1. The van der Waals surface area contributed by atoms with Gasteiger partial charge in [0.05, 0.1) is 0 Å². The van der Waals surface area contributed by atoms with Crippen molar-refractivity contribution in [3.63, 3.8) is 0 Å². The smallest absolute Gasteiger partial charge is 0.298 e. The maximum Gasteiger partial charge on any atom is 0.298 e. The Balaban J connectivity index is 1.91. The molecule has 0 atom stereocenters. The lowest BCUT2D eigenvalue weighted by molar-refractivity contribution is -0.109. The molecule has 0 bridgehead atoms. The van der Waals surface area contributed by atoms with Gasteiger partial charge in [-0.25, -0.2) is 0 Å². The molecule has 0 radical (unpaired) electrons. The summed E-state index contributed by atoms with van der Waals surface area (Å²) in [5, 5.41) is 0.385. The van der Waals surface area contributed by atoms with Crippen molar-refractivity contribution >= 4 is 28.8 Å². The maximum absolute atomic E-state index is 10.8. The molecular weight excluding hydrogens is 230 g/mol. The van der Waals surface area contributed by atoms with Crippen LogP contribution in [0.2, 0.25) is 0 Å². The van der Waals surface area contributed by atoms with Crippen molar-refractivity contribution < 1.29 is 14.0 Å². The number of hydrogen-bond acceptors (Lipinski definition) is 6. The molecular formula is C9H11N3O3S. The van der Waals surface area contributed by atoms with Crippen LogP contribution in [-0.2, 0) is 4.79 Å². The minimum atomic E-state index is -0.606. The third-order valence-corrected chi connectivity index (χ3v) is 3.16. The molecule has 0 aliphatic carbocycles. The molecule has 1 aliphatic rings. The van der Waals surface area contributed by atoms with Crippen molar-refractivity contribution in [1.29, 1.82) is 0 Å². The number of anilines is 1. The zero-order valence-electron chi connectivity index (χ0n) is 8.67. The highest BCUT2D eigenvalue weighted by atomic mass is 32.2.